The molecule has 0 saturated carbocycles. The molecule has 6 heteroatoms. The Bertz CT molecular complexity index is 813. The molecule has 0 aliphatic carbocycles. The van der Waals surface area contributed by atoms with Crippen LogP contribution in [-0.4, -0.2) is 10.2 Å². The summed E-state index contributed by atoms with van der Waals surface area (Å²) in [4.78, 5) is 0. The van der Waals surface area contributed by atoms with Crippen LogP contribution in [0.1, 0.15) is 17.0 Å². The molecule has 0 saturated heterocycles. The van der Waals surface area contributed by atoms with E-state index in [1.165, 1.54) is 12.1 Å². The smallest absolute Gasteiger partial charge is 0.313 e. The molecule has 3 aromatic rings. The Hall–Kier alpha value is -3.15. The highest BCUT2D eigenvalue weighted by molar-refractivity contribution is 5.66. The lowest BCUT2D eigenvalue weighted by Crippen LogP contribution is -1.95. The second kappa shape index (κ2) is 6.74. The number of nitrogens with zero attached hydrogens (tertiary/aromatic N) is 2. The molecule has 116 valence electrons. The third kappa shape index (κ3) is 4.16. The summed E-state index contributed by atoms with van der Waals surface area (Å²) in [6.07, 6.45) is 3.49. The van der Waals surface area contributed by atoms with Crippen molar-refractivity contribution in [2.75, 3.05) is 5.73 Å². The average Bonchev–Trinajstić information content (AvgIpc) is 2.98. The third-order valence-electron chi connectivity index (χ3n) is 3.05. The highest BCUT2D eigenvalue weighted by atomic mass is 19.1. The van der Waals surface area contributed by atoms with Gasteiger partial charge in [-0.3, -0.25) is 0 Å². The van der Waals surface area contributed by atoms with Crippen molar-refractivity contribution in [2.45, 2.75) is 6.61 Å². The molecule has 5 nitrogen and oxygen atoms in total. The van der Waals surface area contributed by atoms with Crippen LogP contribution in [0.5, 0.6) is 5.75 Å². The van der Waals surface area contributed by atoms with Crippen LogP contribution in [0.15, 0.2) is 52.9 Å². The first-order valence-corrected chi connectivity index (χ1v) is 6.93. The lowest BCUT2D eigenvalue weighted by atomic mass is 10.2. The monoisotopic (exact) mass is 311 g/mol. The summed E-state index contributed by atoms with van der Waals surface area (Å²) < 4.78 is 23.6. The van der Waals surface area contributed by atoms with Crippen molar-refractivity contribution in [3.05, 3.63) is 71.4 Å². The van der Waals surface area contributed by atoms with Crippen molar-refractivity contribution in [1.82, 2.24) is 10.2 Å². The van der Waals surface area contributed by atoms with E-state index in [9.17, 15) is 4.39 Å². The number of anilines is 1. The molecular weight excluding hydrogens is 297 g/mol. The minimum Gasteiger partial charge on any atom is -0.489 e. The minimum atomic E-state index is -0.262. The Kier molecular flexibility index (Phi) is 4.33. The fourth-order valence-corrected chi connectivity index (χ4v) is 1.94. The minimum absolute atomic E-state index is 0.0287. The summed E-state index contributed by atoms with van der Waals surface area (Å²) in [6.45, 7) is 0.369. The average molecular weight is 311 g/mol. The van der Waals surface area contributed by atoms with Gasteiger partial charge in [0.1, 0.15) is 18.2 Å². The molecule has 2 aromatic carbocycles. The molecule has 0 bridgehead atoms. The van der Waals surface area contributed by atoms with Crippen LogP contribution >= 0.6 is 0 Å². The zero-order chi connectivity index (χ0) is 16.1. The van der Waals surface area contributed by atoms with Crippen molar-refractivity contribution in [1.29, 1.82) is 0 Å². The number of hydrogen-bond donors (Lipinski definition) is 1. The van der Waals surface area contributed by atoms with Crippen molar-refractivity contribution in [3.8, 4) is 5.75 Å². The Balaban J connectivity index is 1.65. The first-order chi connectivity index (χ1) is 11.2. The van der Waals surface area contributed by atoms with E-state index in [4.69, 9.17) is 14.9 Å². The lowest BCUT2D eigenvalue weighted by molar-refractivity contribution is 0.306. The predicted molar refractivity (Wildman–Crippen MR) is 84.8 cm³/mol. The van der Waals surface area contributed by atoms with Gasteiger partial charge in [0, 0.05) is 6.08 Å². The third-order valence-corrected chi connectivity index (χ3v) is 3.05. The van der Waals surface area contributed by atoms with Crippen molar-refractivity contribution < 1.29 is 13.5 Å². The number of aromatic nitrogens is 2. The largest absolute Gasteiger partial charge is 0.489 e. The predicted octanol–water partition coefficient (Wildman–Crippen LogP) is 3.54. The molecule has 1 aromatic heterocycles. The van der Waals surface area contributed by atoms with E-state index >= 15 is 0 Å². The number of ether oxygens (including phenoxy) is 1. The second-order valence-corrected chi connectivity index (χ2v) is 4.80. The lowest BCUT2D eigenvalue weighted by Gasteiger charge is -2.07. The van der Waals surface area contributed by atoms with Crippen molar-refractivity contribution in [2.24, 2.45) is 0 Å². The standard InChI is InChI=1S/C17H14FN3O2/c18-14-7-4-13(5-8-14)11-22-15-3-1-2-12(10-15)6-9-16-20-21-17(19)23-16/h1-10H,11H2,(H2,19,21)/b9-6+. The molecule has 3 rings (SSSR count). The van der Waals surface area contributed by atoms with Crippen LogP contribution in [0.3, 0.4) is 0 Å². The van der Waals surface area contributed by atoms with E-state index in [0.29, 0.717) is 18.2 Å². The zero-order valence-electron chi connectivity index (χ0n) is 12.1. The SMILES string of the molecule is Nc1nnc(/C=C/c2cccc(OCc3ccc(F)cc3)c2)o1. The van der Waals surface area contributed by atoms with Crippen LogP contribution in [0.25, 0.3) is 12.2 Å². The highest BCUT2D eigenvalue weighted by Crippen LogP contribution is 2.17. The molecule has 0 amide bonds. The molecule has 23 heavy (non-hydrogen) atoms. The van der Waals surface area contributed by atoms with Gasteiger partial charge in [0.2, 0.25) is 5.89 Å². The number of nitrogen functional groups attached to an aromatic ring is 1. The highest BCUT2D eigenvalue weighted by Gasteiger charge is 2.00. The number of rotatable bonds is 5. The maximum atomic E-state index is 12.9. The van der Waals surface area contributed by atoms with Crippen LogP contribution in [0.4, 0.5) is 10.4 Å². The Labute approximate surface area is 132 Å². The van der Waals surface area contributed by atoms with Crippen molar-refractivity contribution >= 4 is 18.2 Å². The van der Waals surface area contributed by atoms with E-state index < -0.39 is 0 Å². The molecule has 0 spiro atoms. The van der Waals surface area contributed by atoms with Gasteiger partial charge in [-0.1, -0.05) is 29.4 Å². The topological polar surface area (TPSA) is 74.2 Å². The first-order valence-electron chi connectivity index (χ1n) is 6.93. The van der Waals surface area contributed by atoms with Gasteiger partial charge in [0.25, 0.3) is 0 Å². The van der Waals surface area contributed by atoms with Gasteiger partial charge in [0.05, 0.1) is 0 Å². The Morgan fingerprint density at radius 2 is 1.91 bits per heavy atom. The van der Waals surface area contributed by atoms with Crippen LogP contribution in [0.2, 0.25) is 0 Å². The number of halogens is 1. The summed E-state index contributed by atoms with van der Waals surface area (Å²) in [5.41, 5.74) is 7.17. The van der Waals surface area contributed by atoms with Crippen LogP contribution < -0.4 is 10.5 Å². The molecule has 0 aliphatic heterocycles. The molecule has 2 N–H and O–H groups in total. The molecule has 0 aliphatic rings. The molecule has 0 atom stereocenters. The van der Waals surface area contributed by atoms with E-state index in [1.807, 2.05) is 30.3 Å². The van der Waals surface area contributed by atoms with E-state index in [2.05, 4.69) is 10.2 Å². The number of hydrogen-bond acceptors (Lipinski definition) is 5. The summed E-state index contributed by atoms with van der Waals surface area (Å²) in [6, 6.07) is 13.8. The van der Waals surface area contributed by atoms with Crippen LogP contribution in [0, 0.1) is 5.82 Å². The number of benzene rings is 2. The van der Waals surface area contributed by atoms with Gasteiger partial charge in [-0.15, -0.1) is 5.10 Å². The molecule has 0 fully saturated rings. The Morgan fingerprint density at radius 3 is 2.65 bits per heavy atom. The molecular formula is C17H14FN3O2. The fourth-order valence-electron chi connectivity index (χ4n) is 1.94. The van der Waals surface area contributed by atoms with Crippen molar-refractivity contribution in [3.63, 3.8) is 0 Å². The van der Waals surface area contributed by atoms with Gasteiger partial charge in [-0.05, 0) is 41.5 Å². The van der Waals surface area contributed by atoms with E-state index in [-0.39, 0.29) is 11.8 Å². The summed E-state index contributed by atoms with van der Waals surface area (Å²) >= 11 is 0. The van der Waals surface area contributed by atoms with Gasteiger partial charge < -0.3 is 14.9 Å². The van der Waals surface area contributed by atoms with Gasteiger partial charge in [-0.2, -0.15) is 0 Å². The molecule has 0 unspecified atom stereocenters. The van der Waals surface area contributed by atoms with E-state index in [1.54, 1.807) is 18.2 Å². The maximum absolute atomic E-state index is 12.9. The van der Waals surface area contributed by atoms with Gasteiger partial charge in [-0.25, -0.2) is 4.39 Å². The second-order valence-electron chi connectivity index (χ2n) is 4.80. The zero-order valence-corrected chi connectivity index (χ0v) is 12.1. The Morgan fingerprint density at radius 1 is 1.09 bits per heavy atom. The summed E-state index contributed by atoms with van der Waals surface area (Å²) in [7, 11) is 0. The molecule has 0 radical (unpaired) electrons. The summed E-state index contributed by atoms with van der Waals surface area (Å²) in [5, 5.41) is 7.32. The quantitative estimate of drug-likeness (QED) is 0.780. The first kappa shape index (κ1) is 14.8. The maximum Gasteiger partial charge on any atom is 0.313 e. The van der Waals surface area contributed by atoms with Gasteiger partial charge >= 0.3 is 6.01 Å². The normalized spacial score (nSPS) is 11.0. The fraction of sp³-hybridized carbons (Fsp3) is 0.0588. The molecule has 1 heterocycles. The van der Waals surface area contributed by atoms with E-state index in [0.717, 1.165) is 11.1 Å². The summed E-state index contributed by atoms with van der Waals surface area (Å²) in [5.74, 6) is 0.782. The number of nitrogens with two attached hydrogens (primary N) is 1. The van der Waals surface area contributed by atoms with Crippen LogP contribution in [-0.2, 0) is 6.61 Å². The van der Waals surface area contributed by atoms with Gasteiger partial charge in [0.15, 0.2) is 0 Å².